The highest BCUT2D eigenvalue weighted by Crippen LogP contribution is 2.34. The number of alkyl halides is 3. The molecule has 0 fully saturated rings. The van der Waals surface area contributed by atoms with E-state index in [9.17, 15) is 26.4 Å². The van der Waals surface area contributed by atoms with Gasteiger partial charge in [-0.3, -0.25) is 4.79 Å². The number of para-hydroxylation sites is 1. The third-order valence-corrected chi connectivity index (χ3v) is 5.89. The van der Waals surface area contributed by atoms with Crippen LogP contribution in [0.2, 0.25) is 0 Å². The Morgan fingerprint density at radius 2 is 1.79 bits per heavy atom. The van der Waals surface area contributed by atoms with Crippen molar-refractivity contribution in [1.82, 2.24) is 9.71 Å². The lowest BCUT2D eigenvalue weighted by Crippen LogP contribution is -2.43. The number of benzene rings is 2. The van der Waals surface area contributed by atoms with Crippen LogP contribution >= 0.6 is 0 Å². The fourth-order valence-corrected chi connectivity index (χ4v) is 4.43. The number of aromatic amines is 1. The van der Waals surface area contributed by atoms with Crippen LogP contribution in [0, 0.1) is 0 Å². The van der Waals surface area contributed by atoms with Crippen LogP contribution in [0.25, 0.3) is 10.9 Å². The third-order valence-electron chi connectivity index (χ3n) is 4.36. The number of aromatic nitrogens is 1. The number of nitrogens with one attached hydrogen (secondary N) is 2. The highest BCUT2D eigenvalue weighted by atomic mass is 32.2. The van der Waals surface area contributed by atoms with Gasteiger partial charge in [-0.25, -0.2) is 8.42 Å². The molecule has 0 saturated carbocycles. The average molecular weight is 426 g/mol. The number of halogens is 3. The fourth-order valence-electron chi connectivity index (χ4n) is 3.02. The normalized spacial score (nSPS) is 13.4. The zero-order chi connectivity index (χ0) is 21.2. The smallest absolute Gasteiger partial charge is 0.417 e. The van der Waals surface area contributed by atoms with Crippen LogP contribution < -0.4 is 4.72 Å². The molecule has 0 amide bonds. The van der Waals surface area contributed by atoms with Crippen LogP contribution in [0.15, 0.2) is 59.6 Å². The van der Waals surface area contributed by atoms with E-state index in [0.717, 1.165) is 30.1 Å². The Labute approximate surface area is 164 Å². The molecule has 0 radical (unpaired) electrons. The summed E-state index contributed by atoms with van der Waals surface area (Å²) in [5.74, 6) is -0.914. The van der Waals surface area contributed by atoms with E-state index >= 15 is 0 Å². The van der Waals surface area contributed by atoms with Crippen LogP contribution in [-0.2, 0) is 32.2 Å². The molecule has 0 aliphatic carbocycles. The Morgan fingerprint density at radius 1 is 1.14 bits per heavy atom. The molecule has 0 saturated heterocycles. The molecule has 29 heavy (non-hydrogen) atoms. The molecule has 0 aliphatic heterocycles. The molecule has 1 atom stereocenters. The number of fused-ring (bicyclic) bond motifs is 1. The van der Waals surface area contributed by atoms with Gasteiger partial charge in [0.15, 0.2) is 0 Å². The van der Waals surface area contributed by atoms with E-state index in [1.54, 1.807) is 30.5 Å². The summed E-state index contributed by atoms with van der Waals surface area (Å²) in [6.45, 7) is 0. The van der Waals surface area contributed by atoms with Gasteiger partial charge in [0.1, 0.15) is 6.04 Å². The number of H-pyrrole nitrogens is 1. The summed E-state index contributed by atoms with van der Waals surface area (Å²) < 4.78 is 71.8. The molecule has 6 nitrogen and oxygen atoms in total. The minimum Gasteiger partial charge on any atom is -0.468 e. The number of hydrogen-bond acceptors (Lipinski definition) is 4. The Hall–Kier alpha value is -2.85. The van der Waals surface area contributed by atoms with Crippen molar-refractivity contribution in [3.8, 4) is 0 Å². The van der Waals surface area contributed by atoms with Gasteiger partial charge in [-0.2, -0.15) is 17.9 Å². The third kappa shape index (κ3) is 4.43. The monoisotopic (exact) mass is 426 g/mol. The van der Waals surface area contributed by atoms with Gasteiger partial charge < -0.3 is 9.72 Å². The molecule has 0 spiro atoms. The van der Waals surface area contributed by atoms with Crippen LogP contribution in [0.3, 0.4) is 0 Å². The van der Waals surface area contributed by atoms with Crippen molar-refractivity contribution in [3.63, 3.8) is 0 Å². The Bertz CT molecular complexity index is 1140. The first kappa shape index (κ1) is 20.9. The second kappa shape index (κ2) is 7.88. The van der Waals surface area contributed by atoms with Gasteiger partial charge in [-0.05, 0) is 23.8 Å². The fraction of sp³-hybridized carbons (Fsp3) is 0.211. The van der Waals surface area contributed by atoms with Crippen molar-refractivity contribution in [2.24, 2.45) is 0 Å². The highest BCUT2D eigenvalue weighted by Gasteiger charge is 2.38. The highest BCUT2D eigenvalue weighted by molar-refractivity contribution is 7.89. The van der Waals surface area contributed by atoms with Gasteiger partial charge in [-0.1, -0.05) is 30.3 Å². The summed E-state index contributed by atoms with van der Waals surface area (Å²) >= 11 is 0. The lowest BCUT2D eigenvalue weighted by Gasteiger charge is -2.18. The van der Waals surface area contributed by atoms with Gasteiger partial charge in [0, 0.05) is 23.5 Å². The standard InChI is InChI=1S/C19H17F3N2O4S/c1-28-18(25)16(10-12-11-23-15-8-4-2-6-13(12)15)24-29(26,27)17-9-5-3-7-14(17)19(20,21)22/h2-9,11,16,23-24H,10H2,1H3/t16-/m0/s1. The number of ether oxygens (including phenoxy) is 1. The van der Waals surface area contributed by atoms with Gasteiger partial charge >= 0.3 is 12.1 Å². The number of hydrogen-bond donors (Lipinski definition) is 2. The number of sulfonamides is 1. The maximum Gasteiger partial charge on any atom is 0.417 e. The summed E-state index contributed by atoms with van der Waals surface area (Å²) in [7, 11) is -3.59. The molecule has 1 aromatic heterocycles. The van der Waals surface area contributed by atoms with Gasteiger partial charge in [0.2, 0.25) is 10.0 Å². The van der Waals surface area contributed by atoms with Crippen molar-refractivity contribution in [2.75, 3.05) is 7.11 Å². The average Bonchev–Trinajstić information content (AvgIpc) is 3.09. The molecule has 3 rings (SSSR count). The summed E-state index contributed by atoms with van der Waals surface area (Å²) in [6.07, 6.45) is -3.37. The molecule has 2 aromatic carbocycles. The minimum absolute atomic E-state index is 0.107. The lowest BCUT2D eigenvalue weighted by atomic mass is 10.1. The number of carbonyl (C=O) groups excluding carboxylic acids is 1. The van der Waals surface area contributed by atoms with Crippen molar-refractivity contribution < 1.29 is 31.1 Å². The molecule has 0 bridgehead atoms. The van der Waals surface area contributed by atoms with Crippen LogP contribution in [0.1, 0.15) is 11.1 Å². The second-order valence-electron chi connectivity index (χ2n) is 6.25. The maximum absolute atomic E-state index is 13.2. The quantitative estimate of drug-likeness (QED) is 0.593. The maximum atomic E-state index is 13.2. The zero-order valence-electron chi connectivity index (χ0n) is 15.2. The lowest BCUT2D eigenvalue weighted by molar-refractivity contribution is -0.142. The van der Waals surface area contributed by atoms with E-state index in [1.165, 1.54) is 6.07 Å². The van der Waals surface area contributed by atoms with E-state index in [1.807, 2.05) is 0 Å². The first-order chi connectivity index (χ1) is 13.6. The number of rotatable bonds is 6. The Balaban J connectivity index is 1.96. The molecule has 154 valence electrons. The van der Waals surface area contributed by atoms with Crippen molar-refractivity contribution in [1.29, 1.82) is 0 Å². The SMILES string of the molecule is COC(=O)[C@H](Cc1c[nH]c2ccccc12)NS(=O)(=O)c1ccccc1C(F)(F)F. The molecule has 1 heterocycles. The summed E-state index contributed by atoms with van der Waals surface area (Å²) in [4.78, 5) is 14.2. The van der Waals surface area contributed by atoms with Gasteiger partial charge in [0.05, 0.1) is 17.6 Å². The van der Waals surface area contributed by atoms with E-state index in [4.69, 9.17) is 0 Å². The topological polar surface area (TPSA) is 88.3 Å². The largest absolute Gasteiger partial charge is 0.468 e. The molecule has 2 N–H and O–H groups in total. The minimum atomic E-state index is -4.87. The van der Waals surface area contributed by atoms with Crippen LogP contribution in [-0.4, -0.2) is 32.5 Å². The van der Waals surface area contributed by atoms with Gasteiger partial charge in [-0.15, -0.1) is 0 Å². The second-order valence-corrected chi connectivity index (χ2v) is 7.94. The molecule has 3 aromatic rings. The van der Waals surface area contributed by atoms with Gasteiger partial charge in [0.25, 0.3) is 0 Å². The van der Waals surface area contributed by atoms with Crippen molar-refractivity contribution >= 4 is 26.9 Å². The predicted octanol–water partition coefficient (Wildman–Crippen LogP) is 3.25. The number of carbonyl (C=O) groups is 1. The number of esters is 1. The molecular formula is C19H17F3N2O4S. The van der Waals surface area contributed by atoms with Crippen LogP contribution in [0.5, 0.6) is 0 Å². The molecule has 10 heteroatoms. The van der Waals surface area contributed by atoms with E-state index in [0.29, 0.717) is 11.6 Å². The van der Waals surface area contributed by atoms with Crippen LogP contribution in [0.4, 0.5) is 13.2 Å². The van der Waals surface area contributed by atoms with E-state index in [2.05, 4.69) is 14.4 Å². The molecular weight excluding hydrogens is 409 g/mol. The first-order valence-electron chi connectivity index (χ1n) is 8.45. The van der Waals surface area contributed by atoms with E-state index < -0.39 is 38.7 Å². The Kier molecular flexibility index (Phi) is 5.67. The van der Waals surface area contributed by atoms with E-state index in [-0.39, 0.29) is 6.42 Å². The van der Waals surface area contributed by atoms with Crippen molar-refractivity contribution in [3.05, 3.63) is 65.9 Å². The predicted molar refractivity (Wildman–Crippen MR) is 99.6 cm³/mol. The number of methoxy groups -OCH3 is 1. The van der Waals surface area contributed by atoms with Crippen molar-refractivity contribution in [2.45, 2.75) is 23.5 Å². The summed E-state index contributed by atoms with van der Waals surface area (Å²) in [5, 5.41) is 0.760. The zero-order valence-corrected chi connectivity index (χ0v) is 16.0. The summed E-state index contributed by atoms with van der Waals surface area (Å²) in [5.41, 5.74) is 0.0717. The Morgan fingerprint density at radius 3 is 2.48 bits per heavy atom. The molecule has 0 aliphatic rings. The molecule has 0 unspecified atom stereocenters. The first-order valence-corrected chi connectivity index (χ1v) is 9.93. The summed E-state index contributed by atoms with van der Waals surface area (Å²) in [6, 6.07) is 9.52.